The van der Waals surface area contributed by atoms with E-state index in [2.05, 4.69) is 61.5 Å². The molecule has 1 aromatic carbocycles. The van der Waals surface area contributed by atoms with Crippen molar-refractivity contribution in [3.63, 3.8) is 0 Å². The predicted molar refractivity (Wildman–Crippen MR) is 151 cm³/mol. The van der Waals surface area contributed by atoms with Crippen LogP contribution in [-0.4, -0.2) is 17.3 Å². The largest absolute Gasteiger partial charge is 0.300 e. The Balaban J connectivity index is 0.00000214. The first-order valence-corrected chi connectivity index (χ1v) is 14.2. The molecular formula is C32H54O3. The van der Waals surface area contributed by atoms with E-state index < -0.39 is 0 Å². The number of carbonyl (C=O) groups excluding carboxylic acids is 3. The summed E-state index contributed by atoms with van der Waals surface area (Å²) >= 11 is 0. The molecule has 0 aromatic heterocycles. The van der Waals surface area contributed by atoms with Crippen molar-refractivity contribution in [3.05, 3.63) is 33.9 Å². The van der Waals surface area contributed by atoms with E-state index in [9.17, 15) is 14.4 Å². The summed E-state index contributed by atoms with van der Waals surface area (Å²) in [7, 11) is 0. The van der Waals surface area contributed by atoms with Gasteiger partial charge in [0, 0.05) is 17.9 Å². The van der Waals surface area contributed by atoms with Gasteiger partial charge in [-0.15, -0.1) is 0 Å². The number of aryl methyl sites for hydroxylation is 1. The maximum absolute atomic E-state index is 13.2. The van der Waals surface area contributed by atoms with Crippen LogP contribution < -0.4 is 0 Å². The van der Waals surface area contributed by atoms with Crippen LogP contribution in [0.1, 0.15) is 146 Å². The maximum atomic E-state index is 13.2. The number of hydrogen-bond acceptors (Lipinski definition) is 3. The molecule has 0 spiro atoms. The zero-order valence-electron chi connectivity index (χ0n) is 24.8. The Kier molecular flexibility index (Phi) is 16.0. The number of rotatable bonds is 10. The lowest BCUT2D eigenvalue weighted by Gasteiger charge is -2.33. The molecule has 2 rings (SSSR count). The number of benzene rings is 1. The second-order valence-electron chi connectivity index (χ2n) is 10.5. The fourth-order valence-corrected chi connectivity index (χ4v) is 5.48. The first-order valence-electron chi connectivity index (χ1n) is 14.2. The van der Waals surface area contributed by atoms with Gasteiger partial charge in [0.25, 0.3) is 0 Å². The molecule has 3 nitrogen and oxygen atoms in total. The third kappa shape index (κ3) is 9.66. The van der Waals surface area contributed by atoms with Gasteiger partial charge in [-0.25, -0.2) is 0 Å². The summed E-state index contributed by atoms with van der Waals surface area (Å²) < 4.78 is 0. The lowest BCUT2D eigenvalue weighted by molar-refractivity contribution is -0.129. The van der Waals surface area contributed by atoms with Gasteiger partial charge in [0.05, 0.1) is 6.42 Å². The molecule has 0 amide bonds. The number of ketones is 3. The standard InChI is InChI=1S/C27H40O3.C3H8.C2H6/c1-8-10-21(22(9-2)25(29)12-18(6)28)13-20-14-24-23(16(3)4)11-17(5)19(7)27(24)26(30)15-20;1-3-2;1-2/h11,16,20-22H,8-10,12-15H2,1-7H3;3H2,1-2H3;1-2H3. The van der Waals surface area contributed by atoms with Gasteiger partial charge >= 0.3 is 0 Å². The van der Waals surface area contributed by atoms with Gasteiger partial charge in [-0.1, -0.05) is 80.7 Å². The summed E-state index contributed by atoms with van der Waals surface area (Å²) in [4.78, 5) is 37.5. The Labute approximate surface area is 216 Å². The van der Waals surface area contributed by atoms with Crippen molar-refractivity contribution in [2.75, 3.05) is 0 Å². The highest BCUT2D eigenvalue weighted by molar-refractivity contribution is 6.01. The number of fused-ring (bicyclic) bond motifs is 1. The smallest absolute Gasteiger partial charge is 0.163 e. The van der Waals surface area contributed by atoms with Crippen LogP contribution in [-0.2, 0) is 16.0 Å². The fraction of sp³-hybridized carbons (Fsp3) is 0.719. The normalized spacial score (nSPS) is 16.3. The van der Waals surface area contributed by atoms with E-state index in [1.807, 2.05) is 13.8 Å². The van der Waals surface area contributed by atoms with Gasteiger partial charge in [0.2, 0.25) is 0 Å². The van der Waals surface area contributed by atoms with E-state index in [-0.39, 0.29) is 41.5 Å². The molecule has 0 bridgehead atoms. The third-order valence-corrected chi connectivity index (χ3v) is 7.00. The molecule has 200 valence electrons. The molecule has 0 aliphatic heterocycles. The lowest BCUT2D eigenvalue weighted by atomic mass is 9.70. The van der Waals surface area contributed by atoms with Crippen molar-refractivity contribution in [2.45, 2.75) is 133 Å². The quantitative estimate of drug-likeness (QED) is 0.310. The molecule has 1 aliphatic rings. The molecule has 3 unspecified atom stereocenters. The van der Waals surface area contributed by atoms with Crippen molar-refractivity contribution >= 4 is 17.3 Å². The number of hydrogen-bond donors (Lipinski definition) is 0. The molecule has 3 heteroatoms. The summed E-state index contributed by atoms with van der Waals surface area (Å²) in [5, 5.41) is 0. The molecule has 0 N–H and O–H groups in total. The summed E-state index contributed by atoms with van der Waals surface area (Å²) in [6.45, 7) is 22.5. The molecule has 35 heavy (non-hydrogen) atoms. The van der Waals surface area contributed by atoms with Crippen LogP contribution >= 0.6 is 0 Å². The van der Waals surface area contributed by atoms with E-state index >= 15 is 0 Å². The van der Waals surface area contributed by atoms with Crippen LogP contribution in [0.25, 0.3) is 0 Å². The van der Waals surface area contributed by atoms with Crippen LogP contribution in [0.5, 0.6) is 0 Å². The summed E-state index contributed by atoms with van der Waals surface area (Å²) in [5.74, 6) is 1.14. The van der Waals surface area contributed by atoms with E-state index in [4.69, 9.17) is 0 Å². The van der Waals surface area contributed by atoms with E-state index in [0.29, 0.717) is 12.3 Å². The van der Waals surface area contributed by atoms with Crippen molar-refractivity contribution in [1.82, 2.24) is 0 Å². The Morgan fingerprint density at radius 1 is 1.03 bits per heavy atom. The highest BCUT2D eigenvalue weighted by atomic mass is 16.1. The molecular weight excluding hydrogens is 432 g/mol. The van der Waals surface area contributed by atoms with Gasteiger partial charge in [-0.2, -0.15) is 0 Å². The van der Waals surface area contributed by atoms with Crippen LogP contribution in [0.15, 0.2) is 6.07 Å². The molecule has 1 aliphatic carbocycles. The van der Waals surface area contributed by atoms with Crippen LogP contribution in [0.3, 0.4) is 0 Å². The first kappa shape index (κ1) is 33.2. The molecule has 1 aromatic rings. The molecule has 0 saturated heterocycles. The van der Waals surface area contributed by atoms with Crippen molar-refractivity contribution in [2.24, 2.45) is 17.8 Å². The summed E-state index contributed by atoms with van der Waals surface area (Å²) in [5.41, 5.74) is 5.84. The Bertz CT molecular complexity index is 819. The molecule has 0 heterocycles. The van der Waals surface area contributed by atoms with E-state index in [0.717, 1.165) is 43.2 Å². The van der Waals surface area contributed by atoms with Gasteiger partial charge in [0.15, 0.2) is 5.78 Å². The topological polar surface area (TPSA) is 51.2 Å². The minimum atomic E-state index is -0.0744. The van der Waals surface area contributed by atoms with Crippen LogP contribution in [0, 0.1) is 31.6 Å². The Morgan fingerprint density at radius 2 is 1.60 bits per heavy atom. The highest BCUT2D eigenvalue weighted by Gasteiger charge is 2.34. The van der Waals surface area contributed by atoms with Crippen molar-refractivity contribution in [3.8, 4) is 0 Å². The zero-order valence-corrected chi connectivity index (χ0v) is 24.8. The van der Waals surface area contributed by atoms with Crippen molar-refractivity contribution in [1.29, 1.82) is 0 Å². The van der Waals surface area contributed by atoms with Crippen molar-refractivity contribution < 1.29 is 14.4 Å². The Morgan fingerprint density at radius 3 is 2.06 bits per heavy atom. The Hall–Kier alpha value is -1.77. The maximum Gasteiger partial charge on any atom is 0.163 e. The average Bonchev–Trinajstić information content (AvgIpc) is 2.77. The molecule has 0 saturated carbocycles. The number of carbonyl (C=O) groups is 3. The zero-order chi connectivity index (χ0) is 27.3. The minimum Gasteiger partial charge on any atom is -0.300 e. The van der Waals surface area contributed by atoms with Gasteiger partial charge in [-0.3, -0.25) is 14.4 Å². The van der Waals surface area contributed by atoms with E-state index in [1.165, 1.54) is 30.0 Å². The molecule has 3 atom stereocenters. The predicted octanol–water partition coefficient (Wildman–Crippen LogP) is 9.00. The first-order chi connectivity index (χ1) is 16.5. The summed E-state index contributed by atoms with van der Waals surface area (Å²) in [6.07, 6.45) is 6.45. The second kappa shape index (κ2) is 16.8. The van der Waals surface area contributed by atoms with Crippen LogP contribution in [0.2, 0.25) is 0 Å². The summed E-state index contributed by atoms with van der Waals surface area (Å²) in [6, 6.07) is 2.27. The van der Waals surface area contributed by atoms with Gasteiger partial charge < -0.3 is 0 Å². The second-order valence-corrected chi connectivity index (χ2v) is 10.5. The third-order valence-electron chi connectivity index (χ3n) is 7.00. The minimum absolute atomic E-state index is 0.0428. The number of Topliss-reactive ketones (excluding diaryl/α,β-unsaturated/α-hetero) is 3. The highest BCUT2D eigenvalue weighted by Crippen LogP contribution is 2.39. The SMILES string of the molecule is CC.CCC.CCCC(CC1CC(=O)c2c(C)c(C)cc(C(C)C)c2C1)C(CC)C(=O)CC(C)=O. The van der Waals surface area contributed by atoms with Gasteiger partial charge in [-0.05, 0) is 80.0 Å². The molecule has 0 fully saturated rings. The monoisotopic (exact) mass is 486 g/mol. The van der Waals surface area contributed by atoms with Gasteiger partial charge in [0.1, 0.15) is 11.6 Å². The van der Waals surface area contributed by atoms with E-state index in [1.54, 1.807) is 0 Å². The van der Waals surface area contributed by atoms with Crippen LogP contribution in [0.4, 0.5) is 0 Å². The molecule has 0 radical (unpaired) electrons. The fourth-order valence-electron chi connectivity index (χ4n) is 5.48. The average molecular weight is 487 g/mol. The lowest BCUT2D eigenvalue weighted by Crippen LogP contribution is -2.30.